The molecule has 1 rings (SSSR count). The number of carbonyl (C=O) groups is 1. The number of aliphatic carboxylic acids is 1. The van der Waals surface area contributed by atoms with Gasteiger partial charge in [0.15, 0.2) is 0 Å². The van der Waals surface area contributed by atoms with Crippen molar-refractivity contribution in [2.45, 2.75) is 84.2 Å². The van der Waals surface area contributed by atoms with Crippen molar-refractivity contribution in [1.82, 2.24) is 4.90 Å². The van der Waals surface area contributed by atoms with Crippen LogP contribution in [0.3, 0.4) is 0 Å². The summed E-state index contributed by atoms with van der Waals surface area (Å²) in [5.74, 6) is 0.118. The van der Waals surface area contributed by atoms with Crippen LogP contribution >= 0.6 is 0 Å². The van der Waals surface area contributed by atoms with E-state index in [0.29, 0.717) is 18.5 Å². The van der Waals surface area contributed by atoms with Crippen molar-refractivity contribution in [2.75, 3.05) is 6.54 Å². The van der Waals surface area contributed by atoms with Gasteiger partial charge in [0.2, 0.25) is 0 Å². The van der Waals surface area contributed by atoms with Crippen LogP contribution in [0.4, 0.5) is 0 Å². The summed E-state index contributed by atoms with van der Waals surface area (Å²) in [4.78, 5) is 13.4. The molecule has 0 amide bonds. The molecule has 3 heteroatoms. The van der Waals surface area contributed by atoms with Gasteiger partial charge >= 0.3 is 5.97 Å². The Morgan fingerprint density at radius 2 is 2.05 bits per heavy atom. The Kier molecular flexibility index (Phi) is 7.44. The third kappa shape index (κ3) is 5.52. The molecule has 0 aromatic heterocycles. The van der Waals surface area contributed by atoms with Gasteiger partial charge in [0.1, 0.15) is 0 Å². The van der Waals surface area contributed by atoms with E-state index in [0.717, 1.165) is 12.3 Å². The lowest BCUT2D eigenvalue weighted by Crippen LogP contribution is -2.46. The number of hydrogen-bond acceptors (Lipinski definition) is 2. The van der Waals surface area contributed by atoms with Crippen LogP contribution in [0.15, 0.2) is 0 Å². The first-order valence-electron chi connectivity index (χ1n) is 8.05. The van der Waals surface area contributed by atoms with Crippen LogP contribution < -0.4 is 0 Å². The number of likely N-dealkylation sites (tertiary alicyclic amines) is 1. The molecule has 0 aromatic rings. The highest BCUT2D eigenvalue weighted by Gasteiger charge is 2.28. The average molecular weight is 269 g/mol. The van der Waals surface area contributed by atoms with Gasteiger partial charge in [-0.3, -0.25) is 9.69 Å². The van der Waals surface area contributed by atoms with Crippen molar-refractivity contribution in [3.05, 3.63) is 0 Å². The molecule has 0 spiro atoms. The molecule has 1 aliphatic rings. The first-order valence-corrected chi connectivity index (χ1v) is 8.05. The molecule has 0 aliphatic carbocycles. The first kappa shape index (κ1) is 16.5. The van der Waals surface area contributed by atoms with Gasteiger partial charge in [-0.1, -0.05) is 33.6 Å². The maximum Gasteiger partial charge on any atom is 0.303 e. The van der Waals surface area contributed by atoms with Crippen LogP contribution in [0.1, 0.15) is 72.1 Å². The molecular weight excluding hydrogens is 238 g/mol. The van der Waals surface area contributed by atoms with Gasteiger partial charge in [0.25, 0.3) is 0 Å². The van der Waals surface area contributed by atoms with Gasteiger partial charge in [-0.05, 0) is 44.6 Å². The highest BCUT2D eigenvalue weighted by Crippen LogP contribution is 2.27. The molecule has 0 bridgehead atoms. The van der Waals surface area contributed by atoms with E-state index in [9.17, 15) is 4.79 Å². The van der Waals surface area contributed by atoms with E-state index in [1.54, 1.807) is 0 Å². The van der Waals surface area contributed by atoms with Crippen LogP contribution in [-0.2, 0) is 4.79 Å². The van der Waals surface area contributed by atoms with E-state index in [1.807, 2.05) is 0 Å². The standard InChI is InChI=1S/C16H31NO2/c1-4-13(3)12-14(5-2)17-11-7-6-8-15(17)9-10-16(18)19/h13-15H,4-12H2,1-3H3,(H,18,19). The summed E-state index contributed by atoms with van der Waals surface area (Å²) >= 11 is 0. The van der Waals surface area contributed by atoms with E-state index in [2.05, 4.69) is 25.7 Å². The second-order valence-corrected chi connectivity index (χ2v) is 6.13. The Morgan fingerprint density at radius 1 is 1.32 bits per heavy atom. The molecule has 0 aromatic carbocycles. The zero-order chi connectivity index (χ0) is 14.3. The molecule has 3 nitrogen and oxygen atoms in total. The zero-order valence-electron chi connectivity index (χ0n) is 12.9. The molecule has 19 heavy (non-hydrogen) atoms. The Hall–Kier alpha value is -0.570. The van der Waals surface area contributed by atoms with Crippen LogP contribution in [0.25, 0.3) is 0 Å². The maximum absolute atomic E-state index is 10.8. The van der Waals surface area contributed by atoms with Crippen molar-refractivity contribution in [3.8, 4) is 0 Å². The third-order valence-corrected chi connectivity index (χ3v) is 4.68. The maximum atomic E-state index is 10.8. The average Bonchev–Trinajstić information content (AvgIpc) is 2.42. The minimum Gasteiger partial charge on any atom is -0.481 e. The highest BCUT2D eigenvalue weighted by molar-refractivity contribution is 5.66. The predicted octanol–water partition coefficient (Wildman–Crippen LogP) is 3.92. The summed E-state index contributed by atoms with van der Waals surface area (Å²) in [6, 6.07) is 1.15. The SMILES string of the molecule is CCC(C)CC(CC)N1CCCCC1CCC(=O)O. The number of carboxylic acids is 1. The number of carboxylic acid groups (broad SMARTS) is 1. The second kappa shape index (κ2) is 8.57. The largest absolute Gasteiger partial charge is 0.481 e. The Morgan fingerprint density at radius 3 is 2.63 bits per heavy atom. The van der Waals surface area contributed by atoms with Crippen molar-refractivity contribution in [2.24, 2.45) is 5.92 Å². The fraction of sp³-hybridized carbons (Fsp3) is 0.938. The fourth-order valence-electron chi connectivity index (χ4n) is 3.27. The van der Waals surface area contributed by atoms with Crippen LogP contribution in [0.2, 0.25) is 0 Å². The monoisotopic (exact) mass is 269 g/mol. The lowest BCUT2D eigenvalue weighted by molar-refractivity contribution is -0.137. The summed E-state index contributed by atoms with van der Waals surface area (Å²) in [5.41, 5.74) is 0. The van der Waals surface area contributed by atoms with Crippen molar-refractivity contribution >= 4 is 5.97 Å². The lowest BCUT2D eigenvalue weighted by Gasteiger charge is -2.42. The third-order valence-electron chi connectivity index (χ3n) is 4.68. The molecule has 1 aliphatic heterocycles. The molecule has 1 heterocycles. The quantitative estimate of drug-likeness (QED) is 0.726. The van der Waals surface area contributed by atoms with E-state index in [1.165, 1.54) is 45.1 Å². The lowest BCUT2D eigenvalue weighted by atomic mass is 9.91. The molecule has 112 valence electrons. The molecule has 0 saturated carbocycles. The second-order valence-electron chi connectivity index (χ2n) is 6.13. The topological polar surface area (TPSA) is 40.5 Å². The fourth-order valence-corrected chi connectivity index (χ4v) is 3.27. The molecule has 1 saturated heterocycles. The first-order chi connectivity index (χ1) is 9.08. The van der Waals surface area contributed by atoms with Crippen LogP contribution in [0.5, 0.6) is 0 Å². The van der Waals surface area contributed by atoms with Gasteiger partial charge in [-0.25, -0.2) is 0 Å². The molecule has 1 fully saturated rings. The molecule has 3 atom stereocenters. The summed E-state index contributed by atoms with van der Waals surface area (Å²) in [5, 5.41) is 8.89. The Balaban J connectivity index is 2.59. The van der Waals surface area contributed by atoms with Crippen LogP contribution in [0, 0.1) is 5.92 Å². The number of nitrogens with zero attached hydrogens (tertiary/aromatic N) is 1. The Labute approximate surface area is 118 Å². The van der Waals surface area contributed by atoms with Gasteiger partial charge < -0.3 is 5.11 Å². The van der Waals surface area contributed by atoms with E-state index >= 15 is 0 Å². The normalized spacial score (nSPS) is 24.1. The zero-order valence-corrected chi connectivity index (χ0v) is 12.9. The van der Waals surface area contributed by atoms with Gasteiger partial charge in [0.05, 0.1) is 0 Å². The van der Waals surface area contributed by atoms with Crippen molar-refractivity contribution < 1.29 is 9.90 Å². The van der Waals surface area contributed by atoms with Gasteiger partial charge in [0, 0.05) is 18.5 Å². The summed E-state index contributed by atoms with van der Waals surface area (Å²) < 4.78 is 0. The number of piperidine rings is 1. The van der Waals surface area contributed by atoms with E-state index in [-0.39, 0.29) is 0 Å². The smallest absolute Gasteiger partial charge is 0.303 e. The van der Waals surface area contributed by atoms with Crippen molar-refractivity contribution in [3.63, 3.8) is 0 Å². The summed E-state index contributed by atoms with van der Waals surface area (Å²) in [6.07, 6.45) is 8.56. The Bertz CT molecular complexity index is 267. The minimum atomic E-state index is -0.652. The highest BCUT2D eigenvalue weighted by atomic mass is 16.4. The van der Waals surface area contributed by atoms with Gasteiger partial charge in [-0.15, -0.1) is 0 Å². The molecule has 1 N–H and O–H groups in total. The van der Waals surface area contributed by atoms with Crippen LogP contribution in [-0.4, -0.2) is 34.6 Å². The number of hydrogen-bond donors (Lipinski definition) is 1. The predicted molar refractivity (Wildman–Crippen MR) is 79.4 cm³/mol. The minimum absolute atomic E-state index is 0.320. The molecule has 0 radical (unpaired) electrons. The van der Waals surface area contributed by atoms with Crippen molar-refractivity contribution in [1.29, 1.82) is 0 Å². The molecular formula is C16H31NO2. The summed E-state index contributed by atoms with van der Waals surface area (Å²) in [7, 11) is 0. The molecule has 3 unspecified atom stereocenters. The number of rotatable bonds is 8. The van der Waals surface area contributed by atoms with E-state index in [4.69, 9.17) is 5.11 Å². The summed E-state index contributed by atoms with van der Waals surface area (Å²) in [6.45, 7) is 8.03. The van der Waals surface area contributed by atoms with E-state index < -0.39 is 5.97 Å². The van der Waals surface area contributed by atoms with Gasteiger partial charge in [-0.2, -0.15) is 0 Å².